The van der Waals surface area contributed by atoms with Crippen molar-refractivity contribution in [1.29, 1.82) is 0 Å². The van der Waals surface area contributed by atoms with E-state index in [1.54, 1.807) is 6.92 Å². The standard InChI is InChI=1S/C24H34N2O4/c1-14(25)26-30-22(28)21-8-7-19-18-6-5-16-13-17(29-15(2)27)9-11-23(16,3)20(18)10-12-24(19,21)4/h5,8,17-20H,6-7,9-13H2,1-4H3,(H2,25,26)/t17-,18-,19-,20-,23-,24-/m0/s1. The van der Waals surface area contributed by atoms with Crippen molar-refractivity contribution in [1.82, 2.24) is 0 Å². The monoisotopic (exact) mass is 414 g/mol. The van der Waals surface area contributed by atoms with E-state index in [1.165, 1.54) is 12.5 Å². The van der Waals surface area contributed by atoms with Crippen LogP contribution >= 0.6 is 0 Å². The minimum Gasteiger partial charge on any atom is -0.462 e. The second kappa shape index (κ2) is 7.54. The third-order valence-electron chi connectivity index (χ3n) is 8.46. The number of hydrogen-bond acceptors (Lipinski definition) is 5. The molecule has 0 amide bonds. The number of fused-ring (bicyclic) bond motifs is 5. The molecule has 2 N–H and O–H groups in total. The quantitative estimate of drug-likeness (QED) is 0.186. The van der Waals surface area contributed by atoms with E-state index in [0.717, 1.165) is 50.5 Å². The summed E-state index contributed by atoms with van der Waals surface area (Å²) >= 11 is 0. The topological polar surface area (TPSA) is 91.0 Å². The van der Waals surface area contributed by atoms with Crippen LogP contribution in [0.2, 0.25) is 0 Å². The van der Waals surface area contributed by atoms with Gasteiger partial charge in [0.15, 0.2) is 0 Å². The Balaban J connectivity index is 1.53. The highest BCUT2D eigenvalue weighted by Crippen LogP contribution is 2.65. The maximum absolute atomic E-state index is 12.7. The van der Waals surface area contributed by atoms with Gasteiger partial charge in [0.1, 0.15) is 11.9 Å². The summed E-state index contributed by atoms with van der Waals surface area (Å²) in [5.41, 5.74) is 7.78. The molecule has 4 rings (SSSR count). The number of carbonyl (C=O) groups excluding carboxylic acids is 2. The van der Waals surface area contributed by atoms with E-state index in [2.05, 4.69) is 31.2 Å². The number of ether oxygens (including phenoxy) is 1. The van der Waals surface area contributed by atoms with Crippen LogP contribution < -0.4 is 5.73 Å². The van der Waals surface area contributed by atoms with Crippen LogP contribution in [0.3, 0.4) is 0 Å². The number of amidine groups is 1. The van der Waals surface area contributed by atoms with Crippen LogP contribution in [-0.4, -0.2) is 23.9 Å². The molecule has 30 heavy (non-hydrogen) atoms. The average molecular weight is 415 g/mol. The predicted octanol–water partition coefficient (Wildman–Crippen LogP) is 4.25. The van der Waals surface area contributed by atoms with Gasteiger partial charge in [0.25, 0.3) is 0 Å². The Labute approximate surface area is 178 Å². The Kier molecular flexibility index (Phi) is 5.31. The molecule has 6 atom stereocenters. The highest BCUT2D eigenvalue weighted by Gasteiger charge is 2.58. The van der Waals surface area contributed by atoms with E-state index in [4.69, 9.17) is 15.3 Å². The minimum absolute atomic E-state index is 0.0216. The molecule has 2 fully saturated rings. The van der Waals surface area contributed by atoms with Gasteiger partial charge >= 0.3 is 11.9 Å². The summed E-state index contributed by atoms with van der Waals surface area (Å²) in [6.07, 6.45) is 11.4. The number of hydrogen-bond donors (Lipinski definition) is 1. The Morgan fingerprint density at radius 3 is 2.50 bits per heavy atom. The summed E-state index contributed by atoms with van der Waals surface area (Å²) in [6, 6.07) is 0. The summed E-state index contributed by atoms with van der Waals surface area (Å²) < 4.78 is 5.53. The number of nitrogens with zero attached hydrogens (tertiary/aromatic N) is 1. The van der Waals surface area contributed by atoms with Crippen LogP contribution in [0.25, 0.3) is 0 Å². The molecule has 0 aromatic heterocycles. The molecule has 0 unspecified atom stereocenters. The van der Waals surface area contributed by atoms with Crippen molar-refractivity contribution in [2.45, 2.75) is 78.7 Å². The van der Waals surface area contributed by atoms with Crippen LogP contribution in [0.5, 0.6) is 0 Å². The third kappa shape index (κ3) is 3.38. The van der Waals surface area contributed by atoms with Crippen molar-refractivity contribution in [2.24, 2.45) is 39.5 Å². The van der Waals surface area contributed by atoms with E-state index in [1.807, 2.05) is 0 Å². The van der Waals surface area contributed by atoms with E-state index in [-0.39, 0.29) is 34.7 Å². The smallest absolute Gasteiger partial charge is 0.362 e. The maximum atomic E-state index is 12.7. The Hall–Kier alpha value is -2.11. The number of nitrogens with two attached hydrogens (primary N) is 1. The van der Waals surface area contributed by atoms with Gasteiger partial charge in [-0.05, 0) is 68.6 Å². The highest BCUT2D eigenvalue weighted by molar-refractivity contribution is 5.91. The molecule has 0 saturated heterocycles. The lowest BCUT2D eigenvalue weighted by Crippen LogP contribution is -2.50. The van der Waals surface area contributed by atoms with E-state index >= 15 is 0 Å². The van der Waals surface area contributed by atoms with Gasteiger partial charge in [-0.3, -0.25) is 4.79 Å². The summed E-state index contributed by atoms with van der Waals surface area (Å²) in [5, 5.41) is 3.67. The first kappa shape index (κ1) is 21.1. The maximum Gasteiger partial charge on any atom is 0.362 e. The molecule has 4 aliphatic carbocycles. The Morgan fingerprint density at radius 1 is 1.07 bits per heavy atom. The summed E-state index contributed by atoms with van der Waals surface area (Å²) in [4.78, 5) is 29.2. The highest BCUT2D eigenvalue weighted by atomic mass is 16.7. The van der Waals surface area contributed by atoms with Crippen LogP contribution in [0.15, 0.2) is 28.5 Å². The first-order chi connectivity index (χ1) is 14.1. The number of carbonyl (C=O) groups is 2. The number of oxime groups is 1. The van der Waals surface area contributed by atoms with Crippen molar-refractivity contribution in [2.75, 3.05) is 0 Å². The molecular formula is C24H34N2O4. The summed E-state index contributed by atoms with van der Waals surface area (Å²) in [6.45, 7) is 7.75. The molecule has 0 aromatic carbocycles. The van der Waals surface area contributed by atoms with E-state index < -0.39 is 0 Å². The Morgan fingerprint density at radius 2 is 1.80 bits per heavy atom. The minimum atomic E-state index is -0.358. The predicted molar refractivity (Wildman–Crippen MR) is 114 cm³/mol. The SMILES string of the molecule is CC(=O)O[C@H]1CC[C@@]2(C)C(=CC[C@@H]3[C@@H]2CC[C@]2(C)C(C(=O)O/N=C(/C)N)=CC[C@@H]32)C1. The fourth-order valence-corrected chi connectivity index (χ4v) is 7.01. The molecule has 2 saturated carbocycles. The summed E-state index contributed by atoms with van der Waals surface area (Å²) in [5.74, 6) is 1.32. The molecule has 4 aliphatic rings. The third-order valence-corrected chi connectivity index (χ3v) is 8.46. The van der Waals surface area contributed by atoms with E-state index in [9.17, 15) is 9.59 Å². The fraction of sp³-hybridized carbons (Fsp3) is 0.708. The number of rotatable bonds is 3. The first-order valence-electron chi connectivity index (χ1n) is 11.2. The number of allylic oxidation sites excluding steroid dienone is 2. The molecule has 0 aromatic rings. The molecule has 0 heterocycles. The molecule has 164 valence electrons. The molecular weight excluding hydrogens is 380 g/mol. The lowest BCUT2D eigenvalue weighted by molar-refractivity contribution is -0.149. The lowest BCUT2D eigenvalue weighted by Gasteiger charge is -2.57. The van der Waals surface area contributed by atoms with Crippen LogP contribution in [0.1, 0.15) is 72.6 Å². The second-order valence-electron chi connectivity index (χ2n) is 10.2. The van der Waals surface area contributed by atoms with E-state index in [0.29, 0.717) is 17.8 Å². The zero-order chi connectivity index (χ0) is 21.7. The van der Waals surface area contributed by atoms with Crippen molar-refractivity contribution in [3.63, 3.8) is 0 Å². The van der Waals surface area contributed by atoms with Crippen molar-refractivity contribution in [3.05, 3.63) is 23.3 Å². The average Bonchev–Trinajstić information content (AvgIpc) is 3.03. The van der Waals surface area contributed by atoms with Gasteiger partial charge in [0, 0.05) is 24.3 Å². The zero-order valence-corrected chi connectivity index (χ0v) is 18.6. The first-order valence-corrected chi connectivity index (χ1v) is 11.2. The Bertz CT molecular complexity index is 840. The van der Waals surface area contributed by atoms with Crippen LogP contribution in [0, 0.1) is 28.6 Å². The molecule has 6 heteroatoms. The molecule has 0 radical (unpaired) electrons. The molecule has 0 spiro atoms. The van der Waals surface area contributed by atoms with Crippen LogP contribution in [0.4, 0.5) is 0 Å². The van der Waals surface area contributed by atoms with Gasteiger partial charge in [-0.15, -0.1) is 0 Å². The summed E-state index contributed by atoms with van der Waals surface area (Å²) in [7, 11) is 0. The van der Waals surface area contributed by atoms with Gasteiger partial charge in [-0.2, -0.15) is 0 Å². The molecule has 0 aliphatic heterocycles. The molecule has 6 nitrogen and oxygen atoms in total. The van der Waals surface area contributed by atoms with Gasteiger partial charge in [0.2, 0.25) is 0 Å². The van der Waals surface area contributed by atoms with Gasteiger partial charge in [-0.25, -0.2) is 4.79 Å². The van der Waals surface area contributed by atoms with Crippen molar-refractivity contribution < 1.29 is 19.2 Å². The van der Waals surface area contributed by atoms with Gasteiger partial charge in [-0.1, -0.05) is 36.7 Å². The largest absolute Gasteiger partial charge is 0.462 e. The number of esters is 1. The van der Waals surface area contributed by atoms with Crippen molar-refractivity contribution >= 4 is 17.8 Å². The van der Waals surface area contributed by atoms with Crippen molar-refractivity contribution in [3.8, 4) is 0 Å². The normalized spacial score (nSPS) is 40.3. The zero-order valence-electron chi connectivity index (χ0n) is 18.6. The van der Waals surface area contributed by atoms with Crippen LogP contribution in [-0.2, 0) is 19.2 Å². The molecule has 0 bridgehead atoms. The second-order valence-corrected chi connectivity index (χ2v) is 10.2. The van der Waals surface area contributed by atoms with Gasteiger partial charge in [0.05, 0.1) is 0 Å². The lowest BCUT2D eigenvalue weighted by atomic mass is 9.47. The fourth-order valence-electron chi connectivity index (χ4n) is 7.01. The van der Waals surface area contributed by atoms with Gasteiger partial charge < -0.3 is 15.3 Å².